The van der Waals surface area contributed by atoms with Gasteiger partial charge in [-0.25, -0.2) is 8.78 Å². The predicted octanol–water partition coefficient (Wildman–Crippen LogP) is 3.99. The lowest BCUT2D eigenvalue weighted by atomic mass is 9.91. The summed E-state index contributed by atoms with van der Waals surface area (Å²) in [5.41, 5.74) is -0.454. The SMILES string of the molecule is CC1CCCN(C(=O)c2c(F)cc(Br)cc2F)C1C. The molecule has 0 aromatic heterocycles. The Labute approximate surface area is 119 Å². The van der Waals surface area contributed by atoms with E-state index >= 15 is 0 Å². The van der Waals surface area contributed by atoms with Crippen LogP contribution in [0.4, 0.5) is 8.78 Å². The Bertz CT molecular complexity index is 483. The molecule has 1 heterocycles. The third-order valence-electron chi connectivity index (χ3n) is 3.86. The van der Waals surface area contributed by atoms with Gasteiger partial charge in [0.25, 0.3) is 5.91 Å². The third kappa shape index (κ3) is 2.81. The molecule has 2 nitrogen and oxygen atoms in total. The maximum Gasteiger partial charge on any atom is 0.260 e. The second-order valence-corrected chi connectivity index (χ2v) is 6.02. The molecule has 1 aliphatic heterocycles. The summed E-state index contributed by atoms with van der Waals surface area (Å²) in [5, 5.41) is 0. The van der Waals surface area contributed by atoms with Crippen molar-refractivity contribution in [3.63, 3.8) is 0 Å². The van der Waals surface area contributed by atoms with Crippen molar-refractivity contribution >= 4 is 21.8 Å². The number of rotatable bonds is 1. The summed E-state index contributed by atoms with van der Waals surface area (Å²) in [6.45, 7) is 4.54. The van der Waals surface area contributed by atoms with Gasteiger partial charge in [0.05, 0.1) is 0 Å². The van der Waals surface area contributed by atoms with Crippen molar-refractivity contribution in [1.29, 1.82) is 0 Å². The topological polar surface area (TPSA) is 20.3 Å². The molecule has 1 saturated heterocycles. The average molecular weight is 332 g/mol. The zero-order chi connectivity index (χ0) is 14.2. The number of benzene rings is 1. The Kier molecular flexibility index (Phi) is 4.23. The number of hydrogen-bond donors (Lipinski definition) is 0. The van der Waals surface area contributed by atoms with Crippen LogP contribution in [0.5, 0.6) is 0 Å². The summed E-state index contributed by atoms with van der Waals surface area (Å²) in [6.07, 6.45) is 1.91. The third-order valence-corrected chi connectivity index (χ3v) is 4.31. The minimum absolute atomic E-state index is 0.00342. The van der Waals surface area contributed by atoms with Gasteiger partial charge in [0, 0.05) is 17.1 Å². The van der Waals surface area contributed by atoms with Gasteiger partial charge >= 0.3 is 0 Å². The first-order valence-electron chi connectivity index (χ1n) is 6.37. The van der Waals surface area contributed by atoms with Crippen LogP contribution >= 0.6 is 15.9 Å². The molecule has 0 bridgehead atoms. The lowest BCUT2D eigenvalue weighted by Gasteiger charge is -2.38. The Morgan fingerprint density at radius 3 is 2.47 bits per heavy atom. The Morgan fingerprint density at radius 2 is 1.89 bits per heavy atom. The van der Waals surface area contributed by atoms with Gasteiger partial charge in [-0.2, -0.15) is 0 Å². The maximum absolute atomic E-state index is 13.8. The predicted molar refractivity (Wildman–Crippen MR) is 73.0 cm³/mol. The molecular weight excluding hydrogens is 316 g/mol. The first-order chi connectivity index (χ1) is 8.91. The number of hydrogen-bond acceptors (Lipinski definition) is 1. The lowest BCUT2D eigenvalue weighted by Crippen LogP contribution is -2.46. The van der Waals surface area contributed by atoms with E-state index in [1.54, 1.807) is 4.90 Å². The first kappa shape index (κ1) is 14.4. The Morgan fingerprint density at radius 1 is 1.32 bits per heavy atom. The molecule has 5 heteroatoms. The number of piperidine rings is 1. The van der Waals surface area contributed by atoms with Gasteiger partial charge in [0.2, 0.25) is 0 Å². The van der Waals surface area contributed by atoms with E-state index in [1.165, 1.54) is 0 Å². The monoisotopic (exact) mass is 331 g/mol. The van der Waals surface area contributed by atoms with Crippen molar-refractivity contribution in [2.75, 3.05) is 6.54 Å². The molecule has 0 spiro atoms. The van der Waals surface area contributed by atoms with Crippen LogP contribution < -0.4 is 0 Å². The highest BCUT2D eigenvalue weighted by Gasteiger charge is 2.31. The van der Waals surface area contributed by atoms with E-state index in [9.17, 15) is 13.6 Å². The normalized spacial score (nSPS) is 23.5. The minimum Gasteiger partial charge on any atom is -0.335 e. The molecule has 2 atom stereocenters. The second-order valence-electron chi connectivity index (χ2n) is 5.10. The van der Waals surface area contributed by atoms with Gasteiger partial charge in [-0.15, -0.1) is 0 Å². The van der Waals surface area contributed by atoms with Gasteiger partial charge in [-0.1, -0.05) is 22.9 Å². The zero-order valence-corrected chi connectivity index (χ0v) is 12.5. The molecule has 2 rings (SSSR count). The van der Waals surface area contributed by atoms with Crippen LogP contribution in [0.1, 0.15) is 37.0 Å². The molecule has 0 aliphatic carbocycles. The van der Waals surface area contributed by atoms with Gasteiger partial charge < -0.3 is 4.90 Å². The van der Waals surface area contributed by atoms with Crippen molar-refractivity contribution in [2.24, 2.45) is 5.92 Å². The zero-order valence-electron chi connectivity index (χ0n) is 10.9. The van der Waals surface area contributed by atoms with E-state index in [0.717, 1.165) is 25.0 Å². The van der Waals surface area contributed by atoms with Crippen molar-refractivity contribution in [3.8, 4) is 0 Å². The molecule has 1 aliphatic rings. The van der Waals surface area contributed by atoms with Crippen LogP contribution in [0.25, 0.3) is 0 Å². The molecule has 2 unspecified atom stereocenters. The molecule has 104 valence electrons. The molecule has 19 heavy (non-hydrogen) atoms. The highest BCUT2D eigenvalue weighted by molar-refractivity contribution is 9.10. The van der Waals surface area contributed by atoms with Crippen LogP contribution in [0.15, 0.2) is 16.6 Å². The van der Waals surface area contributed by atoms with E-state index in [-0.39, 0.29) is 6.04 Å². The van der Waals surface area contributed by atoms with Crippen LogP contribution in [-0.4, -0.2) is 23.4 Å². The molecule has 0 N–H and O–H groups in total. The maximum atomic E-state index is 13.8. The second kappa shape index (κ2) is 5.57. The van der Waals surface area contributed by atoms with E-state index in [4.69, 9.17) is 0 Å². The van der Waals surface area contributed by atoms with E-state index in [2.05, 4.69) is 22.9 Å². The van der Waals surface area contributed by atoms with Crippen LogP contribution in [0.2, 0.25) is 0 Å². The number of halogens is 3. The van der Waals surface area contributed by atoms with E-state index < -0.39 is 23.1 Å². The molecule has 0 radical (unpaired) electrons. The van der Waals surface area contributed by atoms with Crippen LogP contribution in [0, 0.1) is 17.6 Å². The Hall–Kier alpha value is -0.970. The number of carbonyl (C=O) groups is 1. The first-order valence-corrected chi connectivity index (χ1v) is 7.16. The molecule has 1 fully saturated rings. The van der Waals surface area contributed by atoms with Crippen molar-refractivity contribution in [2.45, 2.75) is 32.7 Å². The largest absolute Gasteiger partial charge is 0.335 e. The quantitative estimate of drug-likeness (QED) is 0.762. The fourth-order valence-electron chi connectivity index (χ4n) is 2.51. The summed E-state index contributed by atoms with van der Waals surface area (Å²) in [5.74, 6) is -1.84. The van der Waals surface area contributed by atoms with Crippen LogP contribution in [0.3, 0.4) is 0 Å². The number of carbonyl (C=O) groups excluding carboxylic acids is 1. The summed E-state index contributed by atoms with van der Waals surface area (Å²) < 4.78 is 27.9. The molecule has 0 saturated carbocycles. The molecule has 1 aromatic rings. The summed E-state index contributed by atoms with van der Waals surface area (Å²) in [4.78, 5) is 13.9. The highest BCUT2D eigenvalue weighted by atomic mass is 79.9. The van der Waals surface area contributed by atoms with Gasteiger partial charge in [-0.05, 0) is 37.8 Å². The van der Waals surface area contributed by atoms with E-state index in [1.807, 2.05) is 6.92 Å². The smallest absolute Gasteiger partial charge is 0.260 e. The van der Waals surface area contributed by atoms with E-state index in [0.29, 0.717) is 16.9 Å². The minimum atomic E-state index is -0.817. The number of nitrogens with zero attached hydrogens (tertiary/aromatic N) is 1. The molecule has 1 amide bonds. The standard InChI is InChI=1S/C14H16BrF2NO/c1-8-4-3-5-18(9(8)2)14(19)13-11(16)6-10(15)7-12(13)17/h6-9H,3-5H2,1-2H3. The number of likely N-dealkylation sites (tertiary alicyclic amines) is 1. The average Bonchev–Trinajstić information content (AvgIpc) is 2.31. The fourth-order valence-corrected chi connectivity index (χ4v) is 2.91. The number of amides is 1. The van der Waals surface area contributed by atoms with Crippen LogP contribution in [-0.2, 0) is 0 Å². The summed E-state index contributed by atoms with van der Waals surface area (Å²) >= 11 is 3.01. The van der Waals surface area contributed by atoms with Crippen molar-refractivity contribution in [1.82, 2.24) is 4.90 Å². The summed E-state index contributed by atoms with van der Waals surface area (Å²) in [6, 6.07) is 2.24. The fraction of sp³-hybridized carbons (Fsp3) is 0.500. The van der Waals surface area contributed by atoms with Gasteiger partial charge in [-0.3, -0.25) is 4.79 Å². The lowest BCUT2D eigenvalue weighted by molar-refractivity contribution is 0.0541. The Balaban J connectivity index is 2.34. The van der Waals surface area contributed by atoms with Crippen molar-refractivity contribution in [3.05, 3.63) is 33.8 Å². The summed E-state index contributed by atoms with van der Waals surface area (Å²) in [7, 11) is 0. The molecule has 1 aromatic carbocycles. The van der Waals surface area contributed by atoms with Gasteiger partial charge in [0.1, 0.15) is 17.2 Å². The van der Waals surface area contributed by atoms with Gasteiger partial charge in [0.15, 0.2) is 0 Å². The van der Waals surface area contributed by atoms with Crippen molar-refractivity contribution < 1.29 is 13.6 Å². The molecular formula is C14H16BrF2NO. The highest BCUT2D eigenvalue weighted by Crippen LogP contribution is 2.27.